The van der Waals surface area contributed by atoms with E-state index in [1.807, 2.05) is 0 Å². The van der Waals surface area contributed by atoms with E-state index in [1.54, 1.807) is 0 Å². The van der Waals surface area contributed by atoms with Crippen LogP contribution in [-0.4, -0.2) is 18.1 Å². The molecule has 2 rings (SSSR count). The van der Waals surface area contributed by atoms with Crippen molar-refractivity contribution in [2.45, 2.75) is 24.5 Å². The van der Waals surface area contributed by atoms with Crippen LogP contribution in [0.1, 0.15) is 5.56 Å². The lowest BCUT2D eigenvalue weighted by Crippen LogP contribution is -2.11. The van der Waals surface area contributed by atoms with E-state index in [2.05, 4.69) is 5.32 Å². The number of phenolic OH excluding ortho intramolecular Hbond substituents is 1. The minimum Gasteiger partial charge on any atom is -0.504 e. The van der Waals surface area contributed by atoms with Gasteiger partial charge in [0.25, 0.3) is 0 Å². The lowest BCUT2D eigenvalue weighted by atomic mass is 10.2. The van der Waals surface area contributed by atoms with Gasteiger partial charge in [-0.1, -0.05) is 6.07 Å². The molecule has 0 aliphatic carbocycles. The number of carbonyl (C=O) groups is 1. The van der Waals surface area contributed by atoms with Crippen LogP contribution in [0.5, 0.6) is 11.5 Å². The Labute approximate surface area is 190 Å². The highest BCUT2D eigenvalue weighted by Gasteiger charge is 2.28. The first kappa shape index (κ1) is 24.9. The van der Waals surface area contributed by atoms with Gasteiger partial charge in [-0.2, -0.15) is 19.4 Å². The highest BCUT2D eigenvalue weighted by atomic mass is 32.2. The van der Waals surface area contributed by atoms with Gasteiger partial charge >= 0.3 is 0 Å². The third-order valence-electron chi connectivity index (χ3n) is 3.54. The maximum atomic E-state index is 13.5. The van der Waals surface area contributed by atoms with E-state index >= 15 is 0 Å². The average molecular weight is 520 g/mol. The molecule has 2 aromatic carbocycles. The van der Waals surface area contributed by atoms with Crippen LogP contribution in [0.4, 0.5) is 25.1 Å². The van der Waals surface area contributed by atoms with Crippen molar-refractivity contribution < 1.29 is 34.1 Å². The number of rotatable bonds is 9. The molecule has 2 N–H and O–H groups in total. The summed E-state index contributed by atoms with van der Waals surface area (Å²) in [5, 5.41) is 11.9. The quantitative estimate of drug-likeness (QED) is 0.256. The SMILES string of the molecule is COc1ccc(C=CC(=O)Nc2c(SF)c(SF)c(SF)c(SF)c2SF)cc1O. The van der Waals surface area contributed by atoms with E-state index in [4.69, 9.17) is 4.74 Å². The van der Waals surface area contributed by atoms with Crippen molar-refractivity contribution in [1.82, 2.24) is 0 Å². The molecular formula is C16H10F5NO3S5. The molecule has 1 amide bonds. The molecule has 0 spiro atoms. The van der Waals surface area contributed by atoms with Crippen LogP contribution in [0.15, 0.2) is 48.8 Å². The normalized spacial score (nSPS) is 11.1. The van der Waals surface area contributed by atoms with Crippen LogP contribution in [0.3, 0.4) is 0 Å². The number of aromatic hydroxyl groups is 1. The van der Waals surface area contributed by atoms with E-state index in [0.29, 0.717) is 5.56 Å². The van der Waals surface area contributed by atoms with Gasteiger partial charge < -0.3 is 15.2 Å². The molecule has 0 atom stereocenters. The number of phenols is 1. The van der Waals surface area contributed by atoms with Crippen LogP contribution < -0.4 is 10.1 Å². The molecule has 0 aliphatic heterocycles. The first-order chi connectivity index (χ1) is 14.4. The van der Waals surface area contributed by atoms with E-state index < -0.39 is 96.8 Å². The average Bonchev–Trinajstić information content (AvgIpc) is 2.76. The van der Waals surface area contributed by atoms with Crippen molar-refractivity contribution in [2.75, 3.05) is 12.4 Å². The van der Waals surface area contributed by atoms with Crippen LogP contribution in [0, 0.1) is 0 Å². The maximum absolute atomic E-state index is 13.5. The Bertz CT molecular complexity index is 930. The summed E-state index contributed by atoms with van der Waals surface area (Å²) in [6.07, 6.45) is 2.25. The zero-order valence-corrected chi connectivity index (χ0v) is 18.7. The molecule has 14 heteroatoms. The first-order valence-corrected chi connectivity index (χ1v) is 11.1. The minimum atomic E-state index is -0.888. The van der Waals surface area contributed by atoms with Crippen molar-refractivity contribution in [1.29, 1.82) is 0 Å². The summed E-state index contributed by atoms with van der Waals surface area (Å²) >= 11 is -2.81. The summed E-state index contributed by atoms with van der Waals surface area (Å²) in [5.74, 6) is -0.855. The smallest absolute Gasteiger partial charge is 0.248 e. The molecule has 0 unspecified atom stereocenters. The van der Waals surface area contributed by atoms with Gasteiger partial charge in [-0.15, -0.1) is 0 Å². The third kappa shape index (κ3) is 5.46. The van der Waals surface area contributed by atoms with Gasteiger partial charge in [-0.3, -0.25) is 4.79 Å². The highest BCUT2D eigenvalue weighted by Crippen LogP contribution is 2.54. The van der Waals surface area contributed by atoms with Gasteiger partial charge in [0, 0.05) is 6.08 Å². The number of carbonyl (C=O) groups excluding carboxylic acids is 1. The Hall–Kier alpha value is -1.35. The second-order valence-electron chi connectivity index (χ2n) is 5.16. The molecule has 0 radical (unpaired) electrons. The summed E-state index contributed by atoms with van der Waals surface area (Å²) in [6, 6.07) is 4.28. The molecule has 0 aliphatic rings. The first-order valence-electron chi connectivity index (χ1n) is 7.48. The third-order valence-corrected chi connectivity index (χ3v) is 6.87. The molecule has 2 aromatic rings. The monoisotopic (exact) mass is 519 g/mol. The Balaban J connectivity index is 2.43. The highest BCUT2D eigenvalue weighted by molar-refractivity contribution is 8.00. The summed E-state index contributed by atoms with van der Waals surface area (Å²) in [7, 11) is 1.36. The lowest BCUT2D eigenvalue weighted by Gasteiger charge is -2.17. The lowest BCUT2D eigenvalue weighted by molar-refractivity contribution is -0.111. The summed E-state index contributed by atoms with van der Waals surface area (Å²) in [6.45, 7) is 0. The van der Waals surface area contributed by atoms with Crippen molar-refractivity contribution >= 4 is 78.4 Å². The fourth-order valence-corrected chi connectivity index (χ4v) is 5.11. The molecule has 30 heavy (non-hydrogen) atoms. The van der Waals surface area contributed by atoms with E-state index in [1.165, 1.54) is 31.4 Å². The number of amides is 1. The zero-order chi connectivity index (χ0) is 22.3. The number of halogens is 5. The van der Waals surface area contributed by atoms with Gasteiger partial charge in [0.15, 0.2) is 11.5 Å². The van der Waals surface area contributed by atoms with E-state index in [-0.39, 0.29) is 11.5 Å². The molecule has 0 heterocycles. The van der Waals surface area contributed by atoms with E-state index in [0.717, 1.165) is 6.08 Å². The largest absolute Gasteiger partial charge is 0.504 e. The number of ether oxygens (including phenoxy) is 1. The van der Waals surface area contributed by atoms with Crippen molar-refractivity contribution in [3.05, 3.63) is 29.8 Å². The summed E-state index contributed by atoms with van der Waals surface area (Å²) in [4.78, 5) is 9.14. The summed E-state index contributed by atoms with van der Waals surface area (Å²) < 4.78 is 71.7. The fraction of sp³-hybridized carbons (Fsp3) is 0.0625. The number of benzene rings is 2. The Kier molecular flexibility index (Phi) is 9.87. The zero-order valence-electron chi connectivity index (χ0n) is 14.6. The predicted molar refractivity (Wildman–Crippen MR) is 114 cm³/mol. The Morgan fingerprint density at radius 1 is 0.933 bits per heavy atom. The van der Waals surface area contributed by atoms with Crippen LogP contribution in [0.2, 0.25) is 0 Å². The van der Waals surface area contributed by atoms with Gasteiger partial charge in [-0.05, 0) is 23.8 Å². The van der Waals surface area contributed by atoms with E-state index in [9.17, 15) is 29.3 Å². The van der Waals surface area contributed by atoms with Crippen LogP contribution in [-0.2, 0) is 4.79 Å². The van der Waals surface area contributed by atoms with Gasteiger partial charge in [0.2, 0.25) is 5.91 Å². The summed E-state index contributed by atoms with van der Waals surface area (Å²) in [5.41, 5.74) is -0.145. The molecule has 0 aromatic heterocycles. The predicted octanol–water partition coefficient (Wildman–Crippen LogP) is 7.94. The minimum absolute atomic E-state index is 0.180. The number of hydrogen-bond acceptors (Lipinski definition) is 8. The fourth-order valence-electron chi connectivity index (χ4n) is 2.26. The molecule has 162 valence electrons. The van der Waals surface area contributed by atoms with Gasteiger partial charge in [0.05, 0.1) is 98.0 Å². The second-order valence-corrected chi connectivity index (χ2v) is 7.97. The molecule has 0 saturated heterocycles. The van der Waals surface area contributed by atoms with Gasteiger partial charge in [-0.25, -0.2) is 0 Å². The molecular weight excluding hydrogens is 510 g/mol. The van der Waals surface area contributed by atoms with Gasteiger partial charge in [0.1, 0.15) is 0 Å². The topological polar surface area (TPSA) is 58.6 Å². The van der Waals surface area contributed by atoms with Crippen LogP contribution >= 0.6 is 60.7 Å². The van der Waals surface area contributed by atoms with Crippen molar-refractivity contribution in [3.63, 3.8) is 0 Å². The molecule has 0 fully saturated rings. The molecule has 4 nitrogen and oxygen atoms in total. The van der Waals surface area contributed by atoms with Crippen molar-refractivity contribution in [2.24, 2.45) is 0 Å². The number of anilines is 1. The number of hydrogen-bond donors (Lipinski definition) is 2. The standard InChI is InChI=1S/C16H10F5NO3S5/c1-25-9-4-2-7(6-8(9)23)3-5-10(24)22-11-12(26-17)14(28-19)16(30-21)15(29-20)13(11)27-18/h2-6,23H,1H3,(H,22,24). The Morgan fingerprint density at radius 2 is 1.43 bits per heavy atom. The molecule has 0 bridgehead atoms. The van der Waals surface area contributed by atoms with Crippen LogP contribution in [0.25, 0.3) is 6.08 Å². The number of methoxy groups -OCH3 is 1. The Morgan fingerprint density at radius 3 is 1.87 bits per heavy atom. The second kappa shape index (κ2) is 11.9. The number of nitrogens with one attached hydrogen (secondary N) is 1. The maximum Gasteiger partial charge on any atom is 0.248 e. The van der Waals surface area contributed by atoms with Crippen molar-refractivity contribution in [3.8, 4) is 11.5 Å². The molecule has 0 saturated carbocycles.